The summed E-state index contributed by atoms with van der Waals surface area (Å²) in [6.07, 6.45) is 0. The van der Waals surface area contributed by atoms with Gasteiger partial charge < -0.3 is 20.3 Å². The van der Waals surface area contributed by atoms with Gasteiger partial charge in [-0.25, -0.2) is 0 Å². The summed E-state index contributed by atoms with van der Waals surface area (Å²) < 4.78 is 5.36. The van der Waals surface area contributed by atoms with Gasteiger partial charge in [0, 0.05) is 32.0 Å². The maximum Gasteiger partial charge on any atom is 0.313 e. The van der Waals surface area contributed by atoms with Gasteiger partial charge in [-0.1, -0.05) is 12.1 Å². The van der Waals surface area contributed by atoms with Gasteiger partial charge in [-0.05, 0) is 48.9 Å². The summed E-state index contributed by atoms with van der Waals surface area (Å²) in [7, 11) is 3.86. The number of rotatable bonds is 6. The third kappa shape index (κ3) is 5.53. The molecule has 0 bridgehead atoms. The Morgan fingerprint density at radius 1 is 0.960 bits per heavy atom. The van der Waals surface area contributed by atoms with Crippen molar-refractivity contribution in [1.29, 1.82) is 0 Å². The van der Waals surface area contributed by atoms with Crippen LogP contribution in [0.15, 0.2) is 48.5 Å². The Kier molecular flexibility index (Phi) is 6.39. The highest BCUT2D eigenvalue weighted by molar-refractivity contribution is 6.39. The van der Waals surface area contributed by atoms with Crippen molar-refractivity contribution in [2.45, 2.75) is 13.5 Å². The van der Waals surface area contributed by atoms with Gasteiger partial charge in [-0.3, -0.25) is 9.59 Å². The number of carbonyl (C=O) groups excluding carboxylic acids is 2. The SMILES string of the molecule is CCOc1ccc(CNC(=O)C(=O)Nc2ccc(N(C)C)cc2)cc1. The number of nitrogens with zero attached hydrogens (tertiary/aromatic N) is 1. The molecule has 0 aliphatic heterocycles. The first-order valence-electron chi connectivity index (χ1n) is 8.08. The van der Waals surface area contributed by atoms with Crippen LogP contribution in [-0.2, 0) is 16.1 Å². The maximum absolute atomic E-state index is 11.9. The van der Waals surface area contributed by atoms with Crippen LogP contribution in [-0.4, -0.2) is 32.5 Å². The summed E-state index contributed by atoms with van der Waals surface area (Å²) >= 11 is 0. The fourth-order valence-corrected chi connectivity index (χ4v) is 2.16. The van der Waals surface area contributed by atoms with E-state index in [0.717, 1.165) is 17.0 Å². The predicted octanol–water partition coefficient (Wildman–Crippen LogP) is 2.41. The minimum Gasteiger partial charge on any atom is -0.494 e. The zero-order chi connectivity index (χ0) is 18.2. The van der Waals surface area contributed by atoms with Crippen LogP contribution in [0.1, 0.15) is 12.5 Å². The quantitative estimate of drug-likeness (QED) is 0.792. The molecule has 2 rings (SSSR count). The number of amides is 2. The van der Waals surface area contributed by atoms with Gasteiger partial charge in [0.2, 0.25) is 0 Å². The molecule has 0 atom stereocenters. The van der Waals surface area contributed by atoms with E-state index in [9.17, 15) is 9.59 Å². The number of benzene rings is 2. The van der Waals surface area contributed by atoms with Crippen molar-refractivity contribution in [3.63, 3.8) is 0 Å². The molecule has 2 N–H and O–H groups in total. The molecule has 0 aromatic heterocycles. The van der Waals surface area contributed by atoms with E-state index in [1.165, 1.54) is 0 Å². The average molecular weight is 341 g/mol. The van der Waals surface area contributed by atoms with E-state index in [0.29, 0.717) is 12.3 Å². The summed E-state index contributed by atoms with van der Waals surface area (Å²) in [5.74, 6) is -0.592. The van der Waals surface area contributed by atoms with Crippen LogP contribution in [0, 0.1) is 0 Å². The predicted molar refractivity (Wildman–Crippen MR) is 98.9 cm³/mol. The first-order chi connectivity index (χ1) is 12.0. The van der Waals surface area contributed by atoms with Gasteiger partial charge in [0.15, 0.2) is 0 Å². The van der Waals surface area contributed by atoms with Gasteiger partial charge in [0.1, 0.15) is 5.75 Å². The molecule has 6 heteroatoms. The highest BCUT2D eigenvalue weighted by Gasteiger charge is 2.13. The molecule has 0 saturated heterocycles. The number of hydrogen-bond donors (Lipinski definition) is 2. The van der Waals surface area contributed by atoms with Crippen molar-refractivity contribution in [3.05, 3.63) is 54.1 Å². The molecular weight excluding hydrogens is 318 g/mol. The molecular formula is C19H23N3O3. The largest absolute Gasteiger partial charge is 0.494 e. The third-order valence-electron chi connectivity index (χ3n) is 3.54. The molecule has 0 saturated carbocycles. The van der Waals surface area contributed by atoms with Crippen LogP contribution >= 0.6 is 0 Å². The van der Waals surface area contributed by atoms with Gasteiger partial charge in [-0.2, -0.15) is 0 Å². The summed E-state index contributed by atoms with van der Waals surface area (Å²) in [5, 5.41) is 5.18. The highest BCUT2D eigenvalue weighted by atomic mass is 16.5. The summed E-state index contributed by atoms with van der Waals surface area (Å²) in [4.78, 5) is 25.8. The molecule has 0 aliphatic carbocycles. The Bertz CT molecular complexity index is 710. The van der Waals surface area contributed by atoms with E-state index < -0.39 is 11.8 Å². The number of nitrogens with one attached hydrogen (secondary N) is 2. The number of ether oxygens (including phenoxy) is 1. The minimum absolute atomic E-state index is 0.276. The number of carbonyl (C=O) groups is 2. The maximum atomic E-state index is 11.9. The van der Waals surface area contributed by atoms with Crippen LogP contribution in [0.2, 0.25) is 0 Å². The van der Waals surface area contributed by atoms with Crippen LogP contribution < -0.4 is 20.3 Å². The number of hydrogen-bond acceptors (Lipinski definition) is 4. The second kappa shape index (κ2) is 8.73. The van der Waals surface area contributed by atoms with Crippen molar-refractivity contribution >= 4 is 23.2 Å². The van der Waals surface area contributed by atoms with Gasteiger partial charge in [0.25, 0.3) is 0 Å². The molecule has 0 unspecified atom stereocenters. The lowest BCUT2D eigenvalue weighted by Gasteiger charge is -2.13. The Labute approximate surface area is 147 Å². The molecule has 132 valence electrons. The van der Waals surface area contributed by atoms with Crippen molar-refractivity contribution in [3.8, 4) is 5.75 Å². The standard InChI is InChI=1S/C19H23N3O3/c1-4-25-17-11-5-14(6-12-17)13-20-18(23)19(24)21-15-7-9-16(10-8-15)22(2)3/h5-12H,4,13H2,1-3H3,(H,20,23)(H,21,24). The lowest BCUT2D eigenvalue weighted by atomic mass is 10.2. The van der Waals surface area contributed by atoms with Crippen molar-refractivity contribution in [2.75, 3.05) is 30.9 Å². The zero-order valence-corrected chi connectivity index (χ0v) is 14.7. The first-order valence-corrected chi connectivity index (χ1v) is 8.08. The molecule has 0 heterocycles. The van der Waals surface area contributed by atoms with Crippen LogP contribution in [0.25, 0.3) is 0 Å². The fourth-order valence-electron chi connectivity index (χ4n) is 2.16. The summed E-state index contributed by atoms with van der Waals surface area (Å²) in [5.41, 5.74) is 2.48. The van der Waals surface area contributed by atoms with E-state index >= 15 is 0 Å². The zero-order valence-electron chi connectivity index (χ0n) is 14.7. The average Bonchev–Trinajstić information content (AvgIpc) is 2.61. The first kappa shape index (κ1) is 18.3. The lowest BCUT2D eigenvalue weighted by molar-refractivity contribution is -0.136. The van der Waals surface area contributed by atoms with Crippen molar-refractivity contribution in [2.24, 2.45) is 0 Å². The van der Waals surface area contributed by atoms with Crippen LogP contribution in [0.3, 0.4) is 0 Å². The van der Waals surface area contributed by atoms with Crippen molar-refractivity contribution < 1.29 is 14.3 Å². The molecule has 6 nitrogen and oxygen atoms in total. The highest BCUT2D eigenvalue weighted by Crippen LogP contribution is 2.15. The fraction of sp³-hybridized carbons (Fsp3) is 0.263. The van der Waals surface area contributed by atoms with Gasteiger partial charge in [0.05, 0.1) is 6.61 Å². The normalized spacial score (nSPS) is 10.0. The van der Waals surface area contributed by atoms with E-state index in [-0.39, 0.29) is 6.54 Å². The summed E-state index contributed by atoms with van der Waals surface area (Å²) in [6, 6.07) is 14.6. The molecule has 2 aromatic carbocycles. The molecule has 2 aromatic rings. The second-order valence-electron chi connectivity index (χ2n) is 5.66. The van der Waals surface area contributed by atoms with E-state index in [1.807, 2.05) is 62.3 Å². The monoisotopic (exact) mass is 341 g/mol. The molecule has 25 heavy (non-hydrogen) atoms. The van der Waals surface area contributed by atoms with E-state index in [4.69, 9.17) is 4.74 Å². The lowest BCUT2D eigenvalue weighted by Crippen LogP contribution is -2.34. The molecule has 0 spiro atoms. The molecule has 0 aliphatic rings. The Morgan fingerprint density at radius 3 is 2.16 bits per heavy atom. The van der Waals surface area contributed by atoms with E-state index in [1.54, 1.807) is 12.1 Å². The van der Waals surface area contributed by atoms with Crippen molar-refractivity contribution in [1.82, 2.24) is 5.32 Å². The topological polar surface area (TPSA) is 70.7 Å². The number of anilines is 2. The Balaban J connectivity index is 1.84. The van der Waals surface area contributed by atoms with Gasteiger partial charge in [-0.15, -0.1) is 0 Å². The Morgan fingerprint density at radius 2 is 1.60 bits per heavy atom. The smallest absolute Gasteiger partial charge is 0.313 e. The molecule has 2 amide bonds. The Hall–Kier alpha value is -3.02. The third-order valence-corrected chi connectivity index (χ3v) is 3.54. The van der Waals surface area contributed by atoms with Gasteiger partial charge >= 0.3 is 11.8 Å². The molecule has 0 fully saturated rings. The summed E-state index contributed by atoms with van der Waals surface area (Å²) in [6.45, 7) is 2.80. The van der Waals surface area contributed by atoms with E-state index in [2.05, 4.69) is 10.6 Å². The minimum atomic E-state index is -0.691. The van der Waals surface area contributed by atoms with Crippen LogP contribution in [0.5, 0.6) is 5.75 Å². The second-order valence-corrected chi connectivity index (χ2v) is 5.66. The molecule has 0 radical (unpaired) electrons. The van der Waals surface area contributed by atoms with Crippen LogP contribution in [0.4, 0.5) is 11.4 Å².